The first-order valence-electron chi connectivity index (χ1n) is 4.83. The Morgan fingerprint density at radius 3 is 2.33 bits per heavy atom. The molecule has 0 aromatic carbocycles. The predicted molar refractivity (Wildman–Crippen MR) is 61.2 cm³/mol. The number of aromatic nitrogens is 1. The van der Waals surface area contributed by atoms with Gasteiger partial charge in [-0.15, -0.1) is 11.3 Å². The molecule has 0 bridgehead atoms. The van der Waals surface area contributed by atoms with Crippen LogP contribution in [0.5, 0.6) is 0 Å². The van der Waals surface area contributed by atoms with E-state index < -0.39 is 31.1 Å². The first-order chi connectivity index (χ1) is 8.49. The maximum absolute atomic E-state index is 11.6. The van der Waals surface area contributed by atoms with Crippen LogP contribution in [0.3, 0.4) is 0 Å². The van der Waals surface area contributed by atoms with Crippen LogP contribution in [0.4, 0.5) is 4.79 Å². The van der Waals surface area contributed by atoms with Crippen molar-refractivity contribution in [2.75, 3.05) is 13.1 Å². The largest absolute Gasteiger partial charge is 0.480 e. The van der Waals surface area contributed by atoms with Gasteiger partial charge in [0, 0.05) is 11.6 Å². The number of thiazole rings is 1. The van der Waals surface area contributed by atoms with Crippen LogP contribution in [0.2, 0.25) is 0 Å². The van der Waals surface area contributed by atoms with E-state index in [0.717, 1.165) is 0 Å². The Morgan fingerprint density at radius 2 is 1.89 bits per heavy atom. The van der Waals surface area contributed by atoms with Gasteiger partial charge in [-0.3, -0.25) is 9.59 Å². The van der Waals surface area contributed by atoms with Crippen molar-refractivity contribution in [3.63, 3.8) is 0 Å². The summed E-state index contributed by atoms with van der Waals surface area (Å²) in [6.07, 6.45) is 1.57. The molecule has 1 rings (SSSR count). The Labute approximate surface area is 106 Å². The molecule has 1 aromatic heterocycles. The lowest BCUT2D eigenvalue weighted by Gasteiger charge is -2.18. The Kier molecular flexibility index (Phi) is 5.06. The van der Waals surface area contributed by atoms with Crippen molar-refractivity contribution in [3.05, 3.63) is 16.6 Å². The molecule has 0 spiro atoms. The summed E-state index contributed by atoms with van der Waals surface area (Å²) in [6.45, 7) is -1.21. The van der Waals surface area contributed by atoms with Crippen LogP contribution in [0, 0.1) is 0 Å². The number of urea groups is 1. The number of nitrogens with one attached hydrogen (secondary N) is 1. The zero-order valence-corrected chi connectivity index (χ0v) is 10.0. The zero-order chi connectivity index (χ0) is 13.5. The van der Waals surface area contributed by atoms with Gasteiger partial charge in [-0.1, -0.05) is 0 Å². The normalized spacial score (nSPS) is 9.78. The van der Waals surface area contributed by atoms with Crippen molar-refractivity contribution in [3.8, 4) is 0 Å². The summed E-state index contributed by atoms with van der Waals surface area (Å²) in [5.41, 5.74) is 0. The summed E-state index contributed by atoms with van der Waals surface area (Å²) in [6, 6.07) is -0.755. The van der Waals surface area contributed by atoms with E-state index in [2.05, 4.69) is 10.3 Å². The smallest absolute Gasteiger partial charge is 0.323 e. The molecule has 1 aromatic rings. The number of nitrogens with zero attached hydrogens (tertiary/aromatic N) is 2. The highest BCUT2D eigenvalue weighted by atomic mass is 32.1. The molecule has 18 heavy (non-hydrogen) atoms. The van der Waals surface area contributed by atoms with E-state index in [0.29, 0.717) is 9.91 Å². The fourth-order valence-corrected chi connectivity index (χ4v) is 1.69. The molecule has 0 saturated carbocycles. The summed E-state index contributed by atoms with van der Waals surface area (Å²) in [5, 5.41) is 21.9. The van der Waals surface area contributed by atoms with Crippen LogP contribution in [-0.2, 0) is 16.1 Å². The second-order valence-electron chi connectivity index (χ2n) is 3.23. The number of hydrogen-bond acceptors (Lipinski definition) is 5. The molecule has 0 aliphatic carbocycles. The van der Waals surface area contributed by atoms with Gasteiger partial charge < -0.3 is 20.4 Å². The molecule has 0 aliphatic heterocycles. The molecule has 0 saturated heterocycles. The van der Waals surface area contributed by atoms with E-state index in [-0.39, 0.29) is 6.54 Å². The average Bonchev–Trinajstić information content (AvgIpc) is 2.76. The molecule has 2 amide bonds. The van der Waals surface area contributed by atoms with Crippen LogP contribution in [0.15, 0.2) is 11.6 Å². The summed E-state index contributed by atoms with van der Waals surface area (Å²) in [7, 11) is 0. The molecule has 0 unspecified atom stereocenters. The molecule has 0 atom stereocenters. The number of carbonyl (C=O) groups excluding carboxylic acids is 1. The van der Waals surface area contributed by atoms with Gasteiger partial charge in [0.1, 0.15) is 18.1 Å². The van der Waals surface area contributed by atoms with Crippen LogP contribution in [0.1, 0.15) is 5.01 Å². The summed E-state index contributed by atoms with van der Waals surface area (Å²) in [5.74, 6) is -2.55. The van der Waals surface area contributed by atoms with Crippen molar-refractivity contribution < 1.29 is 24.6 Å². The van der Waals surface area contributed by atoms with Gasteiger partial charge in [-0.05, 0) is 0 Å². The van der Waals surface area contributed by atoms with Gasteiger partial charge in [0.05, 0.1) is 6.54 Å². The van der Waals surface area contributed by atoms with E-state index >= 15 is 0 Å². The quantitative estimate of drug-likeness (QED) is 0.661. The lowest BCUT2D eigenvalue weighted by atomic mass is 10.5. The molecule has 3 N–H and O–H groups in total. The van der Waals surface area contributed by atoms with Crippen molar-refractivity contribution >= 4 is 29.3 Å². The number of hydrogen-bond donors (Lipinski definition) is 3. The van der Waals surface area contributed by atoms with E-state index in [1.165, 1.54) is 11.3 Å². The molecule has 0 radical (unpaired) electrons. The Bertz CT molecular complexity index is 417. The summed E-state index contributed by atoms with van der Waals surface area (Å²) < 4.78 is 0. The second-order valence-corrected chi connectivity index (χ2v) is 4.21. The minimum Gasteiger partial charge on any atom is -0.480 e. The lowest BCUT2D eigenvalue weighted by molar-refractivity contribution is -0.140. The van der Waals surface area contributed by atoms with Crippen LogP contribution < -0.4 is 5.32 Å². The molecular weight excluding hydrogens is 262 g/mol. The highest BCUT2D eigenvalue weighted by Gasteiger charge is 2.19. The van der Waals surface area contributed by atoms with Crippen LogP contribution >= 0.6 is 11.3 Å². The van der Waals surface area contributed by atoms with Gasteiger partial charge in [0.15, 0.2) is 0 Å². The third-order valence-corrected chi connectivity index (χ3v) is 2.59. The average molecular weight is 273 g/mol. The molecule has 0 fully saturated rings. The Morgan fingerprint density at radius 1 is 1.28 bits per heavy atom. The maximum atomic E-state index is 11.6. The van der Waals surface area contributed by atoms with Crippen LogP contribution in [-0.4, -0.2) is 51.2 Å². The van der Waals surface area contributed by atoms with Gasteiger partial charge in [0.2, 0.25) is 0 Å². The molecule has 0 aliphatic rings. The number of rotatable bonds is 6. The van der Waals surface area contributed by atoms with E-state index in [4.69, 9.17) is 10.2 Å². The number of carbonyl (C=O) groups is 3. The molecule has 9 heteroatoms. The number of carboxylic acids is 2. The van der Waals surface area contributed by atoms with Gasteiger partial charge >= 0.3 is 18.0 Å². The molecule has 1 heterocycles. The number of amides is 2. The second kappa shape index (κ2) is 6.55. The van der Waals surface area contributed by atoms with Crippen LogP contribution in [0.25, 0.3) is 0 Å². The Balaban J connectivity index is 2.52. The lowest BCUT2D eigenvalue weighted by Crippen LogP contribution is -2.45. The van der Waals surface area contributed by atoms with Crippen molar-refractivity contribution in [1.82, 2.24) is 15.2 Å². The standard InChI is InChI=1S/C9H11N3O5S/c13-7(14)4-12(5-8(15)16)9(17)11-3-6-10-1-2-18-6/h1-2H,3-5H2,(H,11,17)(H,13,14)(H,15,16). The molecule has 8 nitrogen and oxygen atoms in total. The summed E-state index contributed by atoms with van der Waals surface area (Å²) >= 11 is 1.33. The van der Waals surface area contributed by atoms with Crippen molar-refractivity contribution in [2.24, 2.45) is 0 Å². The third-order valence-electron chi connectivity index (χ3n) is 1.81. The predicted octanol–water partition coefficient (Wildman–Crippen LogP) is -0.176. The minimum atomic E-state index is -1.28. The number of aliphatic carboxylic acids is 2. The molecule has 98 valence electrons. The SMILES string of the molecule is O=C(O)CN(CC(=O)O)C(=O)NCc1nccs1. The van der Waals surface area contributed by atoms with Crippen molar-refractivity contribution in [2.45, 2.75) is 6.54 Å². The fourth-order valence-electron chi connectivity index (χ4n) is 1.13. The highest BCUT2D eigenvalue weighted by Crippen LogP contribution is 2.03. The van der Waals surface area contributed by atoms with E-state index in [9.17, 15) is 14.4 Å². The zero-order valence-electron chi connectivity index (χ0n) is 9.20. The van der Waals surface area contributed by atoms with Gasteiger partial charge in [0.25, 0.3) is 0 Å². The Hall–Kier alpha value is -2.16. The fraction of sp³-hybridized carbons (Fsp3) is 0.333. The first kappa shape index (κ1) is 13.9. The third kappa shape index (κ3) is 4.78. The topological polar surface area (TPSA) is 120 Å². The van der Waals surface area contributed by atoms with Gasteiger partial charge in [-0.2, -0.15) is 0 Å². The van der Waals surface area contributed by atoms with E-state index in [1.807, 2.05) is 0 Å². The first-order valence-corrected chi connectivity index (χ1v) is 5.71. The van der Waals surface area contributed by atoms with E-state index in [1.54, 1.807) is 11.6 Å². The maximum Gasteiger partial charge on any atom is 0.323 e. The van der Waals surface area contributed by atoms with Gasteiger partial charge in [-0.25, -0.2) is 9.78 Å². The highest BCUT2D eigenvalue weighted by molar-refractivity contribution is 7.09. The van der Waals surface area contributed by atoms with Crippen molar-refractivity contribution in [1.29, 1.82) is 0 Å². The molecular formula is C9H11N3O5S. The minimum absolute atomic E-state index is 0.131. The number of carboxylic acid groups (broad SMARTS) is 2. The monoisotopic (exact) mass is 273 g/mol. The summed E-state index contributed by atoms with van der Waals surface area (Å²) in [4.78, 5) is 37.2.